The molecule has 0 saturated heterocycles. The van der Waals surface area contributed by atoms with Crippen molar-refractivity contribution in [3.63, 3.8) is 0 Å². The molecule has 0 bridgehead atoms. The van der Waals surface area contributed by atoms with Gasteiger partial charge in [0.2, 0.25) is 0 Å². The van der Waals surface area contributed by atoms with Gasteiger partial charge in [-0.2, -0.15) is 0 Å². The monoisotopic (exact) mass is 285 g/mol. The number of likely N-dealkylation sites (N-methyl/N-ethyl adjacent to an activating group) is 1. The van der Waals surface area contributed by atoms with Crippen LogP contribution in [0.5, 0.6) is 0 Å². The molecular formula is C14H27N3O3. The highest BCUT2D eigenvalue weighted by Crippen LogP contribution is 2.25. The van der Waals surface area contributed by atoms with E-state index in [0.29, 0.717) is 12.6 Å². The first kappa shape index (κ1) is 16.8. The number of urea groups is 1. The molecule has 3 N–H and O–H groups in total. The summed E-state index contributed by atoms with van der Waals surface area (Å²) >= 11 is 0. The van der Waals surface area contributed by atoms with Crippen LogP contribution >= 0.6 is 0 Å². The van der Waals surface area contributed by atoms with Crippen molar-refractivity contribution >= 4 is 12.0 Å². The van der Waals surface area contributed by atoms with Gasteiger partial charge in [0.1, 0.15) is 6.04 Å². The number of hydrogen-bond donors (Lipinski definition) is 3. The molecule has 1 rings (SSSR count). The van der Waals surface area contributed by atoms with E-state index in [4.69, 9.17) is 5.11 Å². The average Bonchev–Trinajstić information content (AvgIpc) is 3.14. The minimum atomic E-state index is -1.01. The maximum absolute atomic E-state index is 11.8. The Kier molecular flexibility index (Phi) is 5.80. The lowest BCUT2D eigenvalue weighted by Crippen LogP contribution is -2.53. The molecule has 1 aliphatic carbocycles. The Labute approximate surface area is 120 Å². The van der Waals surface area contributed by atoms with Gasteiger partial charge < -0.3 is 15.7 Å². The van der Waals surface area contributed by atoms with Gasteiger partial charge in [-0.1, -0.05) is 27.7 Å². The number of carboxylic acid groups (broad SMARTS) is 1. The summed E-state index contributed by atoms with van der Waals surface area (Å²) in [6.07, 6.45) is 2.48. The van der Waals surface area contributed by atoms with E-state index in [1.54, 1.807) is 20.8 Å². The number of nitrogens with one attached hydrogen (secondary N) is 2. The first-order valence-electron chi connectivity index (χ1n) is 7.27. The zero-order chi connectivity index (χ0) is 15.3. The van der Waals surface area contributed by atoms with Crippen LogP contribution in [-0.2, 0) is 4.79 Å². The molecule has 116 valence electrons. The highest BCUT2D eigenvalue weighted by molar-refractivity contribution is 5.83. The maximum Gasteiger partial charge on any atom is 0.326 e. The first-order valence-corrected chi connectivity index (χ1v) is 7.27. The second kappa shape index (κ2) is 6.92. The third kappa shape index (κ3) is 5.36. The van der Waals surface area contributed by atoms with Gasteiger partial charge in [-0.3, -0.25) is 4.90 Å². The smallest absolute Gasteiger partial charge is 0.326 e. The van der Waals surface area contributed by atoms with Crippen LogP contribution in [0.1, 0.15) is 40.5 Å². The molecule has 20 heavy (non-hydrogen) atoms. The van der Waals surface area contributed by atoms with Crippen LogP contribution in [0.2, 0.25) is 0 Å². The number of nitrogens with zero attached hydrogens (tertiary/aromatic N) is 1. The second-order valence-electron chi connectivity index (χ2n) is 6.40. The molecule has 0 heterocycles. The summed E-state index contributed by atoms with van der Waals surface area (Å²) in [5.74, 6) is -1.01. The topological polar surface area (TPSA) is 81.7 Å². The molecule has 6 heteroatoms. The van der Waals surface area contributed by atoms with Crippen molar-refractivity contribution in [2.24, 2.45) is 5.41 Å². The SMILES string of the molecule is CCN(CCNC(=O)N[C@@H](C(=O)O)C(C)(C)C)C1CC1. The molecule has 0 aromatic heterocycles. The van der Waals surface area contributed by atoms with Crippen LogP contribution < -0.4 is 10.6 Å². The minimum Gasteiger partial charge on any atom is -0.480 e. The zero-order valence-electron chi connectivity index (χ0n) is 12.9. The van der Waals surface area contributed by atoms with Gasteiger partial charge in [0.15, 0.2) is 0 Å². The quantitative estimate of drug-likeness (QED) is 0.658. The minimum absolute atomic E-state index is 0.417. The molecule has 1 fully saturated rings. The normalized spacial score (nSPS) is 16.9. The van der Waals surface area contributed by atoms with Crippen molar-refractivity contribution in [1.29, 1.82) is 0 Å². The number of carboxylic acids is 1. The van der Waals surface area contributed by atoms with Gasteiger partial charge in [-0.05, 0) is 24.8 Å². The molecule has 0 aromatic carbocycles. The number of amides is 2. The van der Waals surface area contributed by atoms with Crippen LogP contribution in [0.3, 0.4) is 0 Å². The van der Waals surface area contributed by atoms with Crippen LogP contribution in [0.4, 0.5) is 4.79 Å². The van der Waals surface area contributed by atoms with Gasteiger partial charge in [-0.25, -0.2) is 9.59 Å². The third-order valence-electron chi connectivity index (χ3n) is 3.54. The molecule has 0 aliphatic heterocycles. The summed E-state index contributed by atoms with van der Waals surface area (Å²) in [7, 11) is 0. The number of carbonyl (C=O) groups excluding carboxylic acids is 1. The molecule has 2 amide bonds. The molecule has 1 aliphatic rings. The standard InChI is InChI=1S/C14H27N3O3/c1-5-17(10-6-7-10)9-8-15-13(20)16-11(12(18)19)14(2,3)4/h10-11H,5-9H2,1-4H3,(H,18,19)(H2,15,16,20)/t11-/m0/s1. The van der Waals surface area contributed by atoms with Crippen LogP contribution in [0, 0.1) is 5.41 Å². The lowest BCUT2D eigenvalue weighted by Gasteiger charge is -2.28. The fraction of sp³-hybridized carbons (Fsp3) is 0.857. The van der Waals surface area contributed by atoms with E-state index in [1.165, 1.54) is 12.8 Å². The van der Waals surface area contributed by atoms with Crippen molar-refractivity contribution in [3.05, 3.63) is 0 Å². The highest BCUT2D eigenvalue weighted by atomic mass is 16.4. The van der Waals surface area contributed by atoms with Crippen molar-refractivity contribution in [1.82, 2.24) is 15.5 Å². The van der Waals surface area contributed by atoms with Crippen LogP contribution in [-0.4, -0.2) is 53.7 Å². The zero-order valence-corrected chi connectivity index (χ0v) is 12.9. The fourth-order valence-corrected chi connectivity index (χ4v) is 2.18. The van der Waals surface area contributed by atoms with Crippen LogP contribution in [0.25, 0.3) is 0 Å². The molecule has 0 aromatic rings. The molecule has 1 saturated carbocycles. The summed E-state index contributed by atoms with van der Waals surface area (Å²) in [5, 5.41) is 14.4. The summed E-state index contributed by atoms with van der Waals surface area (Å²) in [6, 6.07) is -0.640. The Morgan fingerprint density at radius 2 is 1.95 bits per heavy atom. The summed E-state index contributed by atoms with van der Waals surface area (Å²) in [5.41, 5.74) is -0.521. The van der Waals surface area contributed by atoms with E-state index in [0.717, 1.165) is 13.1 Å². The summed E-state index contributed by atoms with van der Waals surface area (Å²) in [4.78, 5) is 25.2. The van der Waals surface area contributed by atoms with E-state index in [1.807, 2.05) is 0 Å². The van der Waals surface area contributed by atoms with E-state index in [9.17, 15) is 9.59 Å². The molecular weight excluding hydrogens is 258 g/mol. The predicted octanol–water partition coefficient (Wildman–Crippen LogP) is 1.27. The molecule has 0 spiro atoms. The van der Waals surface area contributed by atoms with Gasteiger partial charge in [-0.15, -0.1) is 0 Å². The van der Waals surface area contributed by atoms with Crippen LogP contribution in [0.15, 0.2) is 0 Å². The molecule has 0 radical (unpaired) electrons. The van der Waals surface area contributed by atoms with Gasteiger partial charge in [0.25, 0.3) is 0 Å². The number of rotatable bonds is 7. The van der Waals surface area contributed by atoms with E-state index in [2.05, 4.69) is 22.5 Å². The maximum atomic E-state index is 11.8. The average molecular weight is 285 g/mol. The van der Waals surface area contributed by atoms with Crippen molar-refractivity contribution < 1.29 is 14.7 Å². The lowest BCUT2D eigenvalue weighted by molar-refractivity contribution is -0.141. The summed E-state index contributed by atoms with van der Waals surface area (Å²) < 4.78 is 0. The Hall–Kier alpha value is -1.30. The fourth-order valence-electron chi connectivity index (χ4n) is 2.18. The Morgan fingerprint density at radius 3 is 2.35 bits per heavy atom. The van der Waals surface area contributed by atoms with Crippen molar-refractivity contribution in [2.75, 3.05) is 19.6 Å². The van der Waals surface area contributed by atoms with Crippen molar-refractivity contribution in [3.8, 4) is 0 Å². The van der Waals surface area contributed by atoms with Crippen molar-refractivity contribution in [2.45, 2.75) is 52.6 Å². The lowest BCUT2D eigenvalue weighted by atomic mass is 9.87. The summed E-state index contributed by atoms with van der Waals surface area (Å²) in [6.45, 7) is 9.80. The first-order chi connectivity index (χ1) is 9.25. The Morgan fingerprint density at radius 1 is 1.35 bits per heavy atom. The predicted molar refractivity (Wildman–Crippen MR) is 77.7 cm³/mol. The van der Waals surface area contributed by atoms with E-state index in [-0.39, 0.29) is 0 Å². The Balaban J connectivity index is 2.33. The largest absolute Gasteiger partial charge is 0.480 e. The Bertz CT molecular complexity index is 348. The van der Waals surface area contributed by atoms with E-state index >= 15 is 0 Å². The number of hydrogen-bond acceptors (Lipinski definition) is 3. The second-order valence-corrected chi connectivity index (χ2v) is 6.40. The van der Waals surface area contributed by atoms with Gasteiger partial charge >= 0.3 is 12.0 Å². The third-order valence-corrected chi connectivity index (χ3v) is 3.54. The van der Waals surface area contributed by atoms with E-state index < -0.39 is 23.5 Å². The van der Waals surface area contributed by atoms with Gasteiger partial charge in [0, 0.05) is 19.1 Å². The molecule has 0 unspecified atom stereocenters. The molecule has 6 nitrogen and oxygen atoms in total. The number of aliphatic carboxylic acids is 1. The number of carbonyl (C=O) groups is 2. The van der Waals surface area contributed by atoms with Gasteiger partial charge in [0.05, 0.1) is 0 Å². The highest BCUT2D eigenvalue weighted by Gasteiger charge is 2.32. The molecule has 1 atom stereocenters.